The molecule has 71 heavy (non-hydrogen) atoms. The number of nitrogens with one attached hydrogen (secondary N) is 1. The summed E-state index contributed by atoms with van der Waals surface area (Å²) in [5.74, 6) is 0. The van der Waals surface area contributed by atoms with Crippen molar-refractivity contribution in [2.24, 2.45) is 14.1 Å². The molecule has 0 unspecified atom stereocenters. The fraction of sp³-hybridized carbons (Fsp3) is 0.220. The average Bonchev–Trinajstić information content (AvgIpc) is 3.33. The van der Waals surface area contributed by atoms with Crippen molar-refractivity contribution in [2.75, 3.05) is 61.0 Å². The number of aliphatic hydroxyl groups is 1. The molecule has 2 radical (unpaired) electrons. The van der Waals surface area contributed by atoms with Crippen molar-refractivity contribution < 1.29 is 15.0 Å². The van der Waals surface area contributed by atoms with Crippen LogP contribution >= 0.6 is 40.4 Å². The summed E-state index contributed by atoms with van der Waals surface area (Å²) in [6.07, 6.45) is 0. The zero-order chi connectivity index (χ0) is 51.4. The van der Waals surface area contributed by atoms with Gasteiger partial charge in [-0.2, -0.15) is 0 Å². The summed E-state index contributed by atoms with van der Waals surface area (Å²) in [6.45, 7) is 1.93. The zero-order valence-electron chi connectivity index (χ0n) is 38.9. The second-order valence-electron chi connectivity index (χ2n) is 15.3. The van der Waals surface area contributed by atoms with Gasteiger partial charge in [0, 0.05) is 128 Å². The Morgan fingerprint density at radius 3 is 1.28 bits per heavy atom. The summed E-state index contributed by atoms with van der Waals surface area (Å²) in [4.78, 5) is 67.1. The van der Waals surface area contributed by atoms with Crippen LogP contribution in [-0.4, -0.2) is 87.7 Å². The van der Waals surface area contributed by atoms with E-state index in [1.807, 2.05) is 103 Å². The second-order valence-corrected chi connectivity index (χ2v) is 19.6. The molecule has 3 aromatic heterocycles. The van der Waals surface area contributed by atoms with Crippen LogP contribution in [-0.2, 0) is 14.1 Å². The van der Waals surface area contributed by atoms with Crippen molar-refractivity contribution >= 4 is 159 Å². The number of nitro groups is 2. The van der Waals surface area contributed by atoms with Gasteiger partial charge in [-0.25, -0.2) is 0 Å². The number of pyridine rings is 3. The Balaban J connectivity index is 0.000000336. The fourth-order valence-electron chi connectivity index (χ4n) is 7.31. The second kappa shape index (κ2) is 27.4. The van der Waals surface area contributed by atoms with E-state index in [9.17, 15) is 34.6 Å². The number of aryl methyl sites for hydroxylation is 2. The Morgan fingerprint density at radius 2 is 0.873 bits per heavy atom. The topological polar surface area (TPSA) is 242 Å². The maximum absolute atomic E-state index is 12.6. The molecule has 3 heterocycles. The number of H-pyrrole nitrogens is 1. The number of hydrogen-bond donors (Lipinski definition) is 4. The number of benzene rings is 6. The number of aliphatic hydroxyl groups excluding tert-OH is 1. The van der Waals surface area contributed by atoms with E-state index in [0.29, 0.717) is 54.9 Å². The van der Waals surface area contributed by atoms with Crippen LogP contribution in [0.3, 0.4) is 0 Å². The van der Waals surface area contributed by atoms with Gasteiger partial charge in [0.05, 0.1) is 42.9 Å². The van der Waals surface area contributed by atoms with Gasteiger partial charge in [-0.1, -0.05) is 37.4 Å². The summed E-state index contributed by atoms with van der Waals surface area (Å²) < 4.78 is 3.85. The summed E-state index contributed by atoms with van der Waals surface area (Å²) in [6, 6.07) is 30.3. The molecule has 0 atom stereocenters. The molecule has 0 spiro atoms. The van der Waals surface area contributed by atoms with Crippen LogP contribution in [0.4, 0.5) is 34.1 Å². The van der Waals surface area contributed by atoms with E-state index in [0.717, 1.165) is 33.3 Å². The number of hydrogen-bond acceptors (Lipinski definition) is 12. The molecule has 0 amide bonds. The Labute approximate surface area is 441 Å². The van der Waals surface area contributed by atoms with Crippen LogP contribution in [0.1, 0.15) is 21.8 Å². The number of nitrogens with two attached hydrogens (primary N) is 2. The number of anilines is 4. The molecule has 0 aliphatic heterocycles. The monoisotopic (exact) mass is 1230 g/mol. The Bertz CT molecular complexity index is 3530. The van der Waals surface area contributed by atoms with Gasteiger partial charge in [-0.05, 0) is 96.8 Å². The van der Waals surface area contributed by atoms with Gasteiger partial charge < -0.3 is 40.5 Å². The molecule has 0 saturated carbocycles. The first-order valence-corrected chi connectivity index (χ1v) is 30.0. The number of rotatable bonds is 4. The maximum atomic E-state index is 12.6. The van der Waals surface area contributed by atoms with Crippen LogP contribution in [0, 0.1) is 20.2 Å². The molecule has 0 aliphatic carbocycles. The SMILES string of the molecule is C.C.CCO.CI.CN(C)c1ccc2c(=O)c3ccc(N)cc3n(C)c2c1.CN(C)c1ccc2c(=O)c3ccc([N+](=O)[O-])cc3n(C)c2c1.Nc1ccc2c(=O)c3ccc([N+](=O)[O-])cc3[nH]c2c1.[Cl][Sn][Cl]. The average molecular weight is 1230 g/mol. The van der Waals surface area contributed by atoms with Gasteiger partial charge in [-0.3, -0.25) is 34.6 Å². The zero-order valence-corrected chi connectivity index (χ0v) is 45.4. The third-order valence-corrected chi connectivity index (χ3v) is 10.6. The van der Waals surface area contributed by atoms with Crippen LogP contribution in [0.2, 0.25) is 0 Å². The summed E-state index contributed by atoms with van der Waals surface area (Å²) in [5.41, 5.74) is 18.5. The molecule has 21 heteroatoms. The van der Waals surface area contributed by atoms with Crippen molar-refractivity contribution in [3.63, 3.8) is 0 Å². The Kier molecular flexibility index (Phi) is 23.5. The van der Waals surface area contributed by atoms with Gasteiger partial charge in [0.15, 0.2) is 16.3 Å². The minimum absolute atomic E-state index is 0. The van der Waals surface area contributed by atoms with Gasteiger partial charge in [0.1, 0.15) is 0 Å². The Hall–Kier alpha value is -6.20. The number of nitro benzene ring substituents is 2. The van der Waals surface area contributed by atoms with Crippen LogP contribution < -0.4 is 37.6 Å². The molecule has 6 aromatic carbocycles. The minimum atomic E-state index is -0.826. The predicted molar refractivity (Wildman–Crippen MR) is 310 cm³/mol. The van der Waals surface area contributed by atoms with Crippen molar-refractivity contribution in [1.29, 1.82) is 0 Å². The number of fused-ring (bicyclic) bond motifs is 6. The molecule has 9 aromatic rings. The molecule has 6 N–H and O–H groups in total. The van der Waals surface area contributed by atoms with Crippen LogP contribution in [0.25, 0.3) is 65.4 Å². The van der Waals surface area contributed by atoms with E-state index in [1.165, 1.54) is 36.4 Å². The van der Waals surface area contributed by atoms with Gasteiger partial charge >= 0.3 is 36.7 Å². The standard InChI is InChI=1S/C16H15N3O3.C16H17N3O.C13H9N3O3.C2H6O.CH3I.2CH4.2ClH.Sn/c1-17(2)10-4-6-12-14(8-10)18(3)15-9-11(19(21)22)5-7-13(15)16(12)20;1-18(2)11-5-7-13-15(9-11)19(3)14-8-10(17)4-6-12(14)16(13)20;14-7-1-3-9-11(5-7)15-12-6-8(16(18)19)2-4-10(12)13(9)17;1-2-3;1-2;;;;;/h4-9H,1-3H3;4-9H,17H2,1-3H3;1-6H,14H2,(H,15,17);3H,2H2,1H3;1H3;2*1H4;2*1H;/q;;;;;;;;;+2/p-2. The quantitative estimate of drug-likeness (QED) is 0.0245. The molecule has 9 rings (SSSR count). The van der Waals surface area contributed by atoms with Crippen molar-refractivity contribution in [3.8, 4) is 0 Å². The van der Waals surface area contributed by atoms with Crippen molar-refractivity contribution in [3.05, 3.63) is 160 Å². The molecular weight excluding hydrogens is 1170 g/mol. The number of aromatic amines is 1. The number of nitrogen functional groups attached to an aromatic ring is 2. The molecule has 0 fully saturated rings. The molecule has 0 aliphatic rings. The summed E-state index contributed by atoms with van der Waals surface area (Å²) >= 11 is 1.32. The first-order chi connectivity index (χ1) is 32.8. The third-order valence-electron chi connectivity index (χ3n) is 10.6. The fourth-order valence-corrected chi connectivity index (χ4v) is 7.31. The molecule has 376 valence electrons. The van der Waals surface area contributed by atoms with E-state index in [4.69, 9.17) is 34.4 Å². The van der Waals surface area contributed by atoms with E-state index >= 15 is 0 Å². The van der Waals surface area contributed by atoms with Crippen LogP contribution in [0.5, 0.6) is 0 Å². The van der Waals surface area contributed by atoms with E-state index < -0.39 is 28.7 Å². The summed E-state index contributed by atoms with van der Waals surface area (Å²) in [7, 11) is 21.5. The molecule has 17 nitrogen and oxygen atoms in total. The number of halogens is 3. The number of alkyl halides is 1. The van der Waals surface area contributed by atoms with Gasteiger partial charge in [0.2, 0.25) is 0 Å². The normalized spacial score (nSPS) is 10.1. The third kappa shape index (κ3) is 14.0. The Morgan fingerprint density at radius 1 is 0.577 bits per heavy atom. The number of non-ortho nitro benzene ring substituents is 2. The first-order valence-electron chi connectivity index (χ1n) is 20.6. The van der Waals surface area contributed by atoms with Gasteiger partial charge in [0.25, 0.3) is 11.4 Å². The van der Waals surface area contributed by atoms with E-state index in [-0.39, 0.29) is 49.1 Å². The first kappa shape index (κ1) is 60.9. The number of aromatic nitrogens is 3. The van der Waals surface area contributed by atoms with Crippen molar-refractivity contribution in [2.45, 2.75) is 21.8 Å². The molecule has 0 saturated heterocycles. The van der Waals surface area contributed by atoms with E-state index in [1.54, 1.807) is 43.3 Å². The molecule has 0 bridgehead atoms. The van der Waals surface area contributed by atoms with E-state index in [2.05, 4.69) is 27.6 Å². The van der Waals surface area contributed by atoms with Crippen LogP contribution in [0.15, 0.2) is 124 Å². The summed E-state index contributed by atoms with van der Waals surface area (Å²) in [5, 5.41) is 32.7. The van der Waals surface area contributed by atoms with Gasteiger partial charge in [-0.15, -0.1) is 0 Å². The number of nitrogens with zero attached hydrogens (tertiary/aromatic N) is 6. The molecular formula is C50H58Cl2IN9O8Sn. The predicted octanol–water partition coefficient (Wildman–Crippen LogP) is 10.5. The van der Waals surface area contributed by atoms with Crippen molar-refractivity contribution in [1.82, 2.24) is 14.1 Å².